The van der Waals surface area contributed by atoms with Crippen LogP contribution in [0, 0.1) is 0 Å². The van der Waals surface area contributed by atoms with Gasteiger partial charge in [0.15, 0.2) is 0 Å². The van der Waals surface area contributed by atoms with Crippen LogP contribution in [0.3, 0.4) is 0 Å². The fraction of sp³-hybridized carbons (Fsp3) is 0. The Morgan fingerprint density at radius 3 is 0.980 bits per heavy atom. The van der Waals surface area contributed by atoms with Gasteiger partial charge in [0.05, 0.1) is 22.1 Å². The molecule has 2 nitrogen and oxygen atoms in total. The third-order valence-electron chi connectivity index (χ3n) is 9.65. The maximum absolute atomic E-state index is 2.37. The molecule has 10 aromatic rings. The Morgan fingerprint density at radius 2 is 0.640 bits per heavy atom. The van der Waals surface area contributed by atoms with Crippen LogP contribution in [0.1, 0.15) is 9.75 Å². The van der Waals surface area contributed by atoms with Gasteiger partial charge < -0.3 is 9.13 Å². The van der Waals surface area contributed by atoms with E-state index in [4.69, 9.17) is 0 Å². The molecule has 0 spiro atoms. The summed E-state index contributed by atoms with van der Waals surface area (Å²) >= 11 is 3.65. The molecular formula is C46H30N2S2. The first kappa shape index (κ1) is 29.0. The van der Waals surface area contributed by atoms with Crippen LogP contribution in [0.25, 0.3) is 88.0 Å². The van der Waals surface area contributed by atoms with E-state index in [-0.39, 0.29) is 0 Å². The first-order chi connectivity index (χ1) is 24.8. The highest BCUT2D eigenvalue weighted by Crippen LogP contribution is 2.36. The molecule has 4 aromatic heterocycles. The van der Waals surface area contributed by atoms with Gasteiger partial charge in [0, 0.05) is 52.4 Å². The van der Waals surface area contributed by atoms with Crippen molar-refractivity contribution in [3.05, 3.63) is 180 Å². The van der Waals surface area contributed by atoms with Crippen molar-refractivity contribution in [3.8, 4) is 32.3 Å². The summed E-state index contributed by atoms with van der Waals surface area (Å²) in [5, 5.41) is 5.14. The van der Waals surface area contributed by atoms with E-state index in [0.29, 0.717) is 0 Å². The van der Waals surface area contributed by atoms with E-state index < -0.39 is 0 Å². The smallest absolute Gasteiger partial charge is 0.0541 e. The van der Waals surface area contributed by atoms with Crippen LogP contribution in [0.5, 0.6) is 0 Å². The average Bonchev–Trinajstić information content (AvgIpc) is 3.98. The van der Waals surface area contributed by atoms with Crippen LogP contribution in [0.2, 0.25) is 0 Å². The van der Waals surface area contributed by atoms with Crippen molar-refractivity contribution in [3.63, 3.8) is 0 Å². The largest absolute Gasteiger partial charge is 0.309 e. The molecule has 0 aliphatic rings. The summed E-state index contributed by atoms with van der Waals surface area (Å²) < 4.78 is 4.74. The quantitative estimate of drug-likeness (QED) is 0.166. The number of hydrogen-bond donors (Lipinski definition) is 0. The van der Waals surface area contributed by atoms with Crippen molar-refractivity contribution in [2.24, 2.45) is 0 Å². The monoisotopic (exact) mass is 674 g/mol. The van der Waals surface area contributed by atoms with Crippen molar-refractivity contribution >= 4 is 78.4 Å². The number of nitrogens with zero attached hydrogens (tertiary/aromatic N) is 2. The predicted molar refractivity (Wildman–Crippen MR) is 217 cm³/mol. The van der Waals surface area contributed by atoms with Gasteiger partial charge in [-0.05, 0) is 96.1 Å². The molecule has 0 bridgehead atoms. The minimum absolute atomic E-state index is 1.18. The van der Waals surface area contributed by atoms with Gasteiger partial charge in [0.25, 0.3) is 0 Å². The van der Waals surface area contributed by atoms with Crippen LogP contribution in [-0.4, -0.2) is 9.13 Å². The zero-order valence-electron chi connectivity index (χ0n) is 27.0. The molecule has 0 aliphatic heterocycles. The van der Waals surface area contributed by atoms with Gasteiger partial charge in [0.2, 0.25) is 0 Å². The normalized spacial score (nSPS) is 11.9. The second-order valence-electron chi connectivity index (χ2n) is 12.6. The lowest BCUT2D eigenvalue weighted by Crippen LogP contribution is -1.93. The summed E-state index contributed by atoms with van der Waals surface area (Å²) in [6, 6.07) is 61.5. The molecule has 50 heavy (non-hydrogen) atoms. The van der Waals surface area contributed by atoms with E-state index in [0.717, 1.165) is 0 Å². The summed E-state index contributed by atoms with van der Waals surface area (Å²) in [4.78, 5) is 5.04. The van der Waals surface area contributed by atoms with E-state index in [1.54, 1.807) is 0 Å². The zero-order chi connectivity index (χ0) is 33.0. The zero-order valence-corrected chi connectivity index (χ0v) is 28.7. The van der Waals surface area contributed by atoms with Crippen molar-refractivity contribution < 1.29 is 0 Å². The standard InChI is InChI=1S/C46H30N2S2/c1-5-13-41-37(9-1)38-10-2-6-14-42(38)47(41)33-21-17-31(18-22-33)45-29-27-35(49-45)25-26-36-28-30-46(50-36)32-19-23-34(24-20-32)48-43-15-7-3-11-39(43)40-12-4-8-16-44(40)48/h1-30H/b26-25+. The second-order valence-corrected chi connectivity index (χ2v) is 14.8. The van der Waals surface area contributed by atoms with Crippen LogP contribution in [0.4, 0.5) is 0 Å². The van der Waals surface area contributed by atoms with Crippen LogP contribution in [-0.2, 0) is 0 Å². The number of hydrogen-bond acceptors (Lipinski definition) is 2. The molecule has 0 N–H and O–H groups in total. The molecule has 236 valence electrons. The molecule has 0 saturated heterocycles. The SMILES string of the molecule is C(=C\c1ccc(-c2ccc(-n3c4ccccc4c4ccccc43)cc2)s1)/c1ccc(-c2ccc(-n3c4ccccc4c4ccccc43)cc2)s1. The van der Waals surface area contributed by atoms with Crippen LogP contribution in [0.15, 0.2) is 170 Å². The highest BCUT2D eigenvalue weighted by molar-refractivity contribution is 7.17. The molecule has 6 aromatic carbocycles. The van der Waals surface area contributed by atoms with Gasteiger partial charge in [-0.15, -0.1) is 22.7 Å². The molecule has 0 amide bonds. The topological polar surface area (TPSA) is 9.86 Å². The van der Waals surface area contributed by atoms with Gasteiger partial charge in [-0.25, -0.2) is 0 Å². The fourth-order valence-electron chi connectivity index (χ4n) is 7.31. The Balaban J connectivity index is 0.875. The fourth-order valence-corrected chi connectivity index (χ4v) is 9.14. The Kier molecular flexibility index (Phi) is 6.90. The molecular weight excluding hydrogens is 645 g/mol. The van der Waals surface area contributed by atoms with Crippen molar-refractivity contribution in [2.75, 3.05) is 0 Å². The molecule has 4 heteroatoms. The first-order valence-corrected chi connectivity index (χ1v) is 18.5. The van der Waals surface area contributed by atoms with Crippen LogP contribution >= 0.6 is 22.7 Å². The Labute approximate surface area is 298 Å². The lowest BCUT2D eigenvalue weighted by atomic mass is 10.1. The number of benzene rings is 6. The Hall–Kier alpha value is -5.94. The molecule has 0 aliphatic carbocycles. The van der Waals surface area contributed by atoms with Gasteiger partial charge in [-0.1, -0.05) is 97.1 Å². The van der Waals surface area contributed by atoms with Gasteiger partial charge in [-0.2, -0.15) is 0 Å². The summed E-state index contributed by atoms with van der Waals surface area (Å²) in [6.45, 7) is 0. The number of para-hydroxylation sites is 4. The summed E-state index contributed by atoms with van der Waals surface area (Å²) in [5.74, 6) is 0. The highest BCUT2D eigenvalue weighted by Gasteiger charge is 2.13. The van der Waals surface area contributed by atoms with E-state index in [9.17, 15) is 0 Å². The predicted octanol–water partition coefficient (Wildman–Crippen LogP) is 13.5. The van der Waals surface area contributed by atoms with Crippen molar-refractivity contribution in [1.29, 1.82) is 0 Å². The molecule has 4 heterocycles. The lowest BCUT2D eigenvalue weighted by Gasteiger charge is -2.08. The average molecular weight is 675 g/mol. The molecule has 0 fully saturated rings. The highest BCUT2D eigenvalue weighted by atomic mass is 32.1. The Bertz CT molecular complexity index is 2550. The van der Waals surface area contributed by atoms with E-state index in [1.807, 2.05) is 22.7 Å². The van der Waals surface area contributed by atoms with Crippen molar-refractivity contribution in [2.45, 2.75) is 0 Å². The number of aromatic nitrogens is 2. The number of rotatable bonds is 6. The minimum atomic E-state index is 1.18. The van der Waals surface area contributed by atoms with Gasteiger partial charge in [-0.3, -0.25) is 0 Å². The molecule has 0 radical (unpaired) electrons. The second kappa shape index (κ2) is 11.9. The molecule has 0 atom stereocenters. The van der Waals surface area contributed by atoms with Gasteiger partial charge in [0.1, 0.15) is 0 Å². The first-order valence-electron chi connectivity index (χ1n) is 16.8. The molecule has 0 saturated carbocycles. The third-order valence-corrected chi connectivity index (χ3v) is 11.8. The summed E-state index contributed by atoms with van der Waals surface area (Å²) in [5.41, 5.74) is 9.77. The lowest BCUT2D eigenvalue weighted by molar-refractivity contribution is 1.18. The van der Waals surface area contributed by atoms with E-state index in [1.165, 1.54) is 85.6 Å². The molecule has 10 rings (SSSR count). The number of fused-ring (bicyclic) bond motifs is 6. The van der Waals surface area contributed by atoms with E-state index in [2.05, 4.69) is 191 Å². The Morgan fingerprint density at radius 1 is 0.320 bits per heavy atom. The van der Waals surface area contributed by atoms with Gasteiger partial charge >= 0.3 is 0 Å². The van der Waals surface area contributed by atoms with Crippen LogP contribution < -0.4 is 0 Å². The molecule has 0 unspecified atom stereocenters. The maximum Gasteiger partial charge on any atom is 0.0541 e. The van der Waals surface area contributed by atoms with Crippen molar-refractivity contribution in [1.82, 2.24) is 9.13 Å². The maximum atomic E-state index is 2.37. The third kappa shape index (κ3) is 4.84. The number of thiophene rings is 2. The minimum Gasteiger partial charge on any atom is -0.309 e. The summed E-state index contributed by atoms with van der Waals surface area (Å²) in [7, 11) is 0. The summed E-state index contributed by atoms with van der Waals surface area (Å²) in [6.07, 6.45) is 4.48. The van der Waals surface area contributed by atoms with E-state index >= 15 is 0 Å².